The molecule has 4 aromatic rings. The molecule has 3 heterocycles. The molecule has 12 heteroatoms. The van der Waals surface area contributed by atoms with Crippen LogP contribution in [0.2, 0.25) is 5.02 Å². The van der Waals surface area contributed by atoms with Crippen LogP contribution in [-0.4, -0.2) is 69.4 Å². The van der Waals surface area contributed by atoms with Gasteiger partial charge in [0.2, 0.25) is 0 Å². The molecule has 0 radical (unpaired) electrons. The SMILES string of the molecule is COC(=O)c1cc(C)c(-n2c(=O)nc(N3CCN(C(=O)O)CC3C)c3cc(Cl)c(-c4ccccc4F)nc32)c(C(C)C)c1. The molecule has 0 spiro atoms. The van der Waals surface area contributed by atoms with Crippen LogP contribution >= 0.6 is 11.6 Å². The van der Waals surface area contributed by atoms with E-state index >= 15 is 0 Å². The smallest absolute Gasteiger partial charge is 0.407 e. The number of piperazine rings is 1. The van der Waals surface area contributed by atoms with Gasteiger partial charge < -0.3 is 19.6 Å². The molecule has 2 aromatic carbocycles. The van der Waals surface area contributed by atoms with Gasteiger partial charge in [-0.1, -0.05) is 37.6 Å². The van der Waals surface area contributed by atoms with Gasteiger partial charge in [-0.05, 0) is 61.2 Å². The van der Waals surface area contributed by atoms with Crippen LogP contribution < -0.4 is 10.6 Å². The number of aromatic nitrogens is 3. The number of amides is 1. The number of hydrogen-bond donors (Lipinski definition) is 1. The van der Waals surface area contributed by atoms with E-state index in [0.717, 1.165) is 0 Å². The van der Waals surface area contributed by atoms with Gasteiger partial charge >= 0.3 is 17.8 Å². The summed E-state index contributed by atoms with van der Waals surface area (Å²) in [4.78, 5) is 50.6. The summed E-state index contributed by atoms with van der Waals surface area (Å²) in [6.45, 7) is 8.22. The Morgan fingerprint density at radius 2 is 1.86 bits per heavy atom. The summed E-state index contributed by atoms with van der Waals surface area (Å²) < 4.78 is 21.3. The first-order chi connectivity index (χ1) is 20.4. The number of aryl methyl sites for hydroxylation is 1. The van der Waals surface area contributed by atoms with Crippen LogP contribution in [0.3, 0.4) is 0 Å². The van der Waals surface area contributed by atoms with Crippen molar-refractivity contribution in [1.82, 2.24) is 19.4 Å². The number of methoxy groups -OCH3 is 1. The fourth-order valence-corrected chi connectivity index (χ4v) is 5.86. The quantitative estimate of drug-likeness (QED) is 0.289. The molecule has 5 rings (SSSR count). The Bertz CT molecular complexity index is 1830. The molecule has 1 N–H and O–H groups in total. The van der Waals surface area contributed by atoms with Crippen molar-refractivity contribution in [3.8, 4) is 16.9 Å². The lowest BCUT2D eigenvalue weighted by molar-refractivity contribution is 0.0600. The lowest BCUT2D eigenvalue weighted by Gasteiger charge is -2.39. The van der Waals surface area contributed by atoms with Gasteiger partial charge in [0.25, 0.3) is 0 Å². The summed E-state index contributed by atoms with van der Waals surface area (Å²) in [7, 11) is 1.30. The van der Waals surface area contributed by atoms with E-state index in [1.807, 2.05) is 25.7 Å². The Hall–Kier alpha value is -4.51. The number of esters is 1. The third-order valence-electron chi connectivity index (χ3n) is 7.70. The van der Waals surface area contributed by atoms with Gasteiger partial charge in [-0.25, -0.2) is 28.3 Å². The van der Waals surface area contributed by atoms with Crippen LogP contribution in [0.5, 0.6) is 0 Å². The maximum atomic E-state index is 15.0. The van der Waals surface area contributed by atoms with Gasteiger partial charge in [-0.2, -0.15) is 4.98 Å². The Kier molecular flexibility index (Phi) is 8.11. The maximum absolute atomic E-state index is 15.0. The number of carboxylic acid groups (broad SMARTS) is 1. The molecule has 1 amide bonds. The van der Waals surface area contributed by atoms with Crippen LogP contribution in [0.15, 0.2) is 47.3 Å². The van der Waals surface area contributed by atoms with Crippen molar-refractivity contribution >= 4 is 40.5 Å². The first-order valence-corrected chi connectivity index (χ1v) is 14.2. The van der Waals surface area contributed by atoms with E-state index in [0.29, 0.717) is 33.6 Å². The van der Waals surface area contributed by atoms with E-state index in [-0.39, 0.29) is 53.5 Å². The van der Waals surface area contributed by atoms with Gasteiger partial charge in [-0.15, -0.1) is 0 Å². The van der Waals surface area contributed by atoms with E-state index < -0.39 is 23.6 Å². The molecule has 10 nitrogen and oxygen atoms in total. The number of benzene rings is 2. The van der Waals surface area contributed by atoms with E-state index in [9.17, 15) is 23.9 Å². The molecule has 1 atom stereocenters. The van der Waals surface area contributed by atoms with Crippen molar-refractivity contribution in [2.75, 3.05) is 31.6 Å². The first-order valence-electron chi connectivity index (χ1n) is 13.8. The van der Waals surface area contributed by atoms with E-state index in [1.54, 1.807) is 43.3 Å². The third-order valence-corrected chi connectivity index (χ3v) is 7.99. The zero-order chi connectivity index (χ0) is 31.2. The lowest BCUT2D eigenvalue weighted by Crippen LogP contribution is -2.54. The molecule has 2 aromatic heterocycles. The number of nitrogens with zero attached hydrogens (tertiary/aromatic N) is 5. The van der Waals surface area contributed by atoms with Crippen LogP contribution in [0.4, 0.5) is 15.0 Å². The number of halogens is 2. The van der Waals surface area contributed by atoms with Gasteiger partial charge in [-0.3, -0.25) is 0 Å². The molecule has 43 heavy (non-hydrogen) atoms. The minimum Gasteiger partial charge on any atom is -0.465 e. The molecule has 1 fully saturated rings. The van der Waals surface area contributed by atoms with Gasteiger partial charge in [0.05, 0.1) is 34.5 Å². The average Bonchev–Trinajstić information content (AvgIpc) is 2.96. The second-order valence-electron chi connectivity index (χ2n) is 10.9. The minimum absolute atomic E-state index is 0.123. The average molecular weight is 608 g/mol. The normalized spacial score (nSPS) is 15.3. The molecule has 0 bridgehead atoms. The monoisotopic (exact) mass is 607 g/mol. The van der Waals surface area contributed by atoms with Crippen LogP contribution in [0.25, 0.3) is 28.0 Å². The van der Waals surface area contributed by atoms with Gasteiger partial charge in [0, 0.05) is 31.2 Å². The van der Waals surface area contributed by atoms with Crippen molar-refractivity contribution < 1.29 is 23.8 Å². The molecular formula is C31H31ClFN5O5. The fourth-order valence-electron chi connectivity index (χ4n) is 5.60. The number of anilines is 1. The molecule has 224 valence electrons. The second kappa shape index (κ2) is 11.6. The van der Waals surface area contributed by atoms with E-state index in [4.69, 9.17) is 21.3 Å². The zero-order valence-electron chi connectivity index (χ0n) is 24.4. The van der Waals surface area contributed by atoms with Crippen LogP contribution in [-0.2, 0) is 4.74 Å². The first kappa shape index (κ1) is 30.0. The standard InChI is InChI=1S/C31H31ClFN5O5/c1-16(2)21-13-19(29(39)43-5)12-17(3)26(21)38-28-22(14-23(32)25(34-28)20-8-6-7-9-24(20)33)27(35-30(38)40)37-11-10-36(31(41)42)15-18(37)4/h6-9,12-14,16,18H,10-11,15H2,1-5H3,(H,41,42). The second-order valence-corrected chi connectivity index (χ2v) is 11.3. The number of fused-ring (bicyclic) bond motifs is 1. The number of ether oxygens (including phenoxy) is 1. The van der Waals surface area contributed by atoms with E-state index in [2.05, 4.69) is 4.98 Å². The maximum Gasteiger partial charge on any atom is 0.407 e. The van der Waals surface area contributed by atoms with Crippen molar-refractivity contribution in [2.45, 2.75) is 39.7 Å². The highest BCUT2D eigenvalue weighted by Gasteiger charge is 2.31. The molecular weight excluding hydrogens is 577 g/mol. The summed E-state index contributed by atoms with van der Waals surface area (Å²) in [5, 5.41) is 10.1. The summed E-state index contributed by atoms with van der Waals surface area (Å²) in [5.74, 6) is -0.858. The fraction of sp³-hybridized carbons (Fsp3) is 0.323. The minimum atomic E-state index is -1.02. The highest BCUT2D eigenvalue weighted by Crippen LogP contribution is 2.37. The van der Waals surface area contributed by atoms with Crippen LogP contribution in [0.1, 0.15) is 48.2 Å². The molecule has 0 aliphatic carbocycles. The third kappa shape index (κ3) is 5.40. The summed E-state index contributed by atoms with van der Waals surface area (Å²) in [6, 6.07) is 10.7. The number of rotatable bonds is 5. The van der Waals surface area contributed by atoms with Crippen molar-refractivity contribution in [3.63, 3.8) is 0 Å². The number of hydrogen-bond acceptors (Lipinski definition) is 7. The number of carbonyl (C=O) groups excluding carboxylic acids is 1. The highest BCUT2D eigenvalue weighted by molar-refractivity contribution is 6.33. The van der Waals surface area contributed by atoms with Gasteiger partial charge in [0.1, 0.15) is 11.6 Å². The Balaban J connectivity index is 1.85. The Labute approximate surface area is 252 Å². The Morgan fingerprint density at radius 3 is 2.49 bits per heavy atom. The van der Waals surface area contributed by atoms with Crippen molar-refractivity contribution in [2.24, 2.45) is 0 Å². The highest BCUT2D eigenvalue weighted by atomic mass is 35.5. The molecule has 0 saturated carbocycles. The molecule has 1 aliphatic rings. The zero-order valence-corrected chi connectivity index (χ0v) is 25.1. The summed E-state index contributed by atoms with van der Waals surface area (Å²) in [5.41, 5.74) is 2.00. The summed E-state index contributed by atoms with van der Waals surface area (Å²) >= 11 is 6.74. The predicted molar refractivity (Wildman–Crippen MR) is 162 cm³/mol. The molecule has 1 aliphatic heterocycles. The molecule has 1 saturated heterocycles. The van der Waals surface area contributed by atoms with Crippen molar-refractivity contribution in [1.29, 1.82) is 0 Å². The van der Waals surface area contributed by atoms with E-state index in [1.165, 1.54) is 22.6 Å². The summed E-state index contributed by atoms with van der Waals surface area (Å²) in [6.07, 6.45) is -1.02. The topological polar surface area (TPSA) is 118 Å². The Morgan fingerprint density at radius 1 is 1.14 bits per heavy atom. The number of carbonyl (C=O) groups is 2. The number of pyridine rings is 1. The lowest BCUT2D eigenvalue weighted by atomic mass is 9.95. The predicted octanol–water partition coefficient (Wildman–Crippen LogP) is 5.65. The largest absolute Gasteiger partial charge is 0.465 e. The van der Waals surface area contributed by atoms with Crippen LogP contribution in [0, 0.1) is 12.7 Å². The van der Waals surface area contributed by atoms with Crippen molar-refractivity contribution in [3.05, 3.63) is 80.5 Å². The van der Waals surface area contributed by atoms with Gasteiger partial charge in [0.15, 0.2) is 5.65 Å². The molecule has 1 unspecified atom stereocenters.